The molecule has 25 heavy (non-hydrogen) atoms. The maximum Gasteiger partial charge on any atom is 0.310 e. The number of amides is 1. The summed E-state index contributed by atoms with van der Waals surface area (Å²) < 4.78 is 5.42. The molecule has 0 saturated carbocycles. The van der Waals surface area contributed by atoms with E-state index in [1.165, 1.54) is 17.2 Å². The highest BCUT2D eigenvalue weighted by Crippen LogP contribution is 2.22. The normalized spacial score (nSPS) is 10.6. The molecule has 0 atom stereocenters. The molecule has 3 aromatic rings. The van der Waals surface area contributed by atoms with Gasteiger partial charge in [0.1, 0.15) is 5.76 Å². The van der Waals surface area contributed by atoms with Crippen LogP contribution in [0.2, 0.25) is 0 Å². The van der Waals surface area contributed by atoms with Crippen LogP contribution in [0.5, 0.6) is 0 Å². The Morgan fingerprint density at radius 1 is 0.920 bits per heavy atom. The lowest BCUT2D eigenvalue weighted by Crippen LogP contribution is -2.17. The minimum absolute atomic E-state index is 0.0733. The Labute approximate surface area is 146 Å². The van der Waals surface area contributed by atoms with Crippen LogP contribution in [0.25, 0.3) is 11.3 Å². The maximum absolute atomic E-state index is 11.3. The van der Waals surface area contributed by atoms with Crippen molar-refractivity contribution in [2.75, 3.05) is 6.54 Å². The zero-order valence-electron chi connectivity index (χ0n) is 13.7. The number of benzene rings is 2. The molecule has 3 rings (SSSR count). The molecule has 2 aromatic carbocycles. The van der Waals surface area contributed by atoms with Crippen molar-refractivity contribution >= 4 is 5.91 Å². The molecular formula is C20H20N2O3. The first-order chi connectivity index (χ1) is 12.3. The summed E-state index contributed by atoms with van der Waals surface area (Å²) in [6.45, 7) is 1.72. The van der Waals surface area contributed by atoms with E-state index < -0.39 is 5.91 Å². The third-order valence-corrected chi connectivity index (χ3v) is 3.93. The van der Waals surface area contributed by atoms with Crippen molar-refractivity contribution in [3.63, 3.8) is 0 Å². The number of hydrogen-bond acceptors (Lipinski definition) is 4. The fraction of sp³-hybridized carbons (Fsp3) is 0.150. The van der Waals surface area contributed by atoms with Crippen LogP contribution >= 0.6 is 0 Å². The van der Waals surface area contributed by atoms with Gasteiger partial charge in [-0.05, 0) is 36.2 Å². The molecule has 0 radical (unpaired) electrons. The van der Waals surface area contributed by atoms with Crippen LogP contribution < -0.4 is 10.8 Å². The second kappa shape index (κ2) is 8.28. The Hall–Kier alpha value is -2.89. The monoisotopic (exact) mass is 336 g/mol. The highest BCUT2D eigenvalue weighted by molar-refractivity contribution is 5.91. The smallest absolute Gasteiger partial charge is 0.310 e. The molecule has 128 valence electrons. The number of furan rings is 1. The third kappa shape index (κ3) is 4.56. The predicted octanol–water partition coefficient (Wildman–Crippen LogP) is 3.40. The standard InChI is InChI=1S/C20H20N2O3/c23-20(22-24)19-11-10-18(25-19)17-8-6-16(7-9-17)14-21-13-12-15-4-2-1-3-5-15/h1-11,21,24H,12-14H2,(H,22,23). The lowest BCUT2D eigenvalue weighted by atomic mass is 10.1. The third-order valence-electron chi connectivity index (χ3n) is 3.93. The first-order valence-electron chi connectivity index (χ1n) is 8.14. The van der Waals surface area contributed by atoms with Crippen molar-refractivity contribution in [1.82, 2.24) is 10.8 Å². The van der Waals surface area contributed by atoms with Crippen molar-refractivity contribution in [2.45, 2.75) is 13.0 Å². The van der Waals surface area contributed by atoms with Gasteiger partial charge in [-0.1, -0.05) is 54.6 Å². The summed E-state index contributed by atoms with van der Waals surface area (Å²) in [6.07, 6.45) is 1.00. The van der Waals surface area contributed by atoms with E-state index in [-0.39, 0.29) is 5.76 Å². The van der Waals surface area contributed by atoms with E-state index in [0.29, 0.717) is 5.76 Å². The van der Waals surface area contributed by atoms with E-state index in [1.54, 1.807) is 11.5 Å². The van der Waals surface area contributed by atoms with Crippen LogP contribution in [-0.2, 0) is 13.0 Å². The Balaban J connectivity index is 1.52. The Morgan fingerprint density at radius 3 is 2.40 bits per heavy atom. The van der Waals surface area contributed by atoms with E-state index in [0.717, 1.165) is 25.1 Å². The molecule has 0 fully saturated rings. The summed E-state index contributed by atoms with van der Waals surface area (Å²) >= 11 is 0. The van der Waals surface area contributed by atoms with Gasteiger partial charge in [0.05, 0.1) is 0 Å². The molecule has 1 heterocycles. The molecule has 0 spiro atoms. The molecule has 1 aromatic heterocycles. The van der Waals surface area contributed by atoms with Gasteiger partial charge in [0.25, 0.3) is 0 Å². The van der Waals surface area contributed by atoms with Crippen molar-refractivity contribution in [3.05, 3.63) is 83.6 Å². The fourth-order valence-electron chi connectivity index (χ4n) is 2.57. The number of carbonyl (C=O) groups is 1. The molecule has 0 unspecified atom stereocenters. The minimum Gasteiger partial charge on any atom is -0.451 e. The second-order valence-corrected chi connectivity index (χ2v) is 5.71. The van der Waals surface area contributed by atoms with Gasteiger partial charge in [0, 0.05) is 12.1 Å². The molecule has 0 aliphatic carbocycles. The van der Waals surface area contributed by atoms with E-state index >= 15 is 0 Å². The molecule has 0 bridgehead atoms. The summed E-state index contributed by atoms with van der Waals surface area (Å²) in [6, 6.07) is 21.6. The van der Waals surface area contributed by atoms with Gasteiger partial charge in [-0.3, -0.25) is 10.0 Å². The molecule has 5 heteroatoms. The van der Waals surface area contributed by atoms with Gasteiger partial charge in [-0.15, -0.1) is 0 Å². The van der Waals surface area contributed by atoms with E-state index in [4.69, 9.17) is 9.62 Å². The van der Waals surface area contributed by atoms with Gasteiger partial charge in [0.2, 0.25) is 0 Å². The van der Waals surface area contributed by atoms with Crippen LogP contribution in [0, 0.1) is 0 Å². The molecule has 0 aliphatic rings. The van der Waals surface area contributed by atoms with Gasteiger partial charge in [0.15, 0.2) is 5.76 Å². The van der Waals surface area contributed by atoms with Gasteiger partial charge in [-0.2, -0.15) is 0 Å². The van der Waals surface area contributed by atoms with Crippen LogP contribution in [0.1, 0.15) is 21.7 Å². The summed E-state index contributed by atoms with van der Waals surface area (Å²) in [5, 5.41) is 12.0. The number of nitrogens with one attached hydrogen (secondary N) is 2. The topological polar surface area (TPSA) is 74.5 Å². The number of hydroxylamine groups is 1. The van der Waals surface area contributed by atoms with E-state index in [9.17, 15) is 4.79 Å². The van der Waals surface area contributed by atoms with Crippen molar-refractivity contribution in [2.24, 2.45) is 0 Å². The largest absolute Gasteiger partial charge is 0.451 e. The quantitative estimate of drug-likeness (QED) is 0.351. The summed E-state index contributed by atoms with van der Waals surface area (Å²) in [4.78, 5) is 11.3. The molecule has 3 N–H and O–H groups in total. The molecule has 5 nitrogen and oxygen atoms in total. The van der Waals surface area contributed by atoms with Crippen LogP contribution in [0.4, 0.5) is 0 Å². The highest BCUT2D eigenvalue weighted by Gasteiger charge is 2.11. The zero-order valence-corrected chi connectivity index (χ0v) is 13.7. The lowest BCUT2D eigenvalue weighted by molar-refractivity contribution is 0.0677. The lowest BCUT2D eigenvalue weighted by Gasteiger charge is -2.06. The van der Waals surface area contributed by atoms with Gasteiger partial charge in [-0.25, -0.2) is 5.48 Å². The van der Waals surface area contributed by atoms with Crippen LogP contribution in [-0.4, -0.2) is 17.7 Å². The number of hydrogen-bond donors (Lipinski definition) is 3. The Kier molecular flexibility index (Phi) is 5.61. The average Bonchev–Trinajstić information content (AvgIpc) is 3.16. The Morgan fingerprint density at radius 2 is 1.68 bits per heavy atom. The van der Waals surface area contributed by atoms with Crippen LogP contribution in [0.15, 0.2) is 71.1 Å². The van der Waals surface area contributed by atoms with Crippen LogP contribution in [0.3, 0.4) is 0 Å². The Bertz CT molecular complexity index is 810. The van der Waals surface area contributed by atoms with E-state index in [1.807, 2.05) is 30.3 Å². The predicted molar refractivity (Wildman–Crippen MR) is 95.2 cm³/mol. The molecular weight excluding hydrogens is 316 g/mol. The molecule has 0 saturated heterocycles. The van der Waals surface area contributed by atoms with Crippen molar-refractivity contribution in [3.8, 4) is 11.3 Å². The van der Waals surface area contributed by atoms with Crippen molar-refractivity contribution in [1.29, 1.82) is 0 Å². The van der Waals surface area contributed by atoms with Gasteiger partial charge < -0.3 is 9.73 Å². The second-order valence-electron chi connectivity index (χ2n) is 5.71. The number of rotatable bonds is 7. The SMILES string of the molecule is O=C(NO)c1ccc(-c2ccc(CNCCc3ccccc3)cc2)o1. The highest BCUT2D eigenvalue weighted by atomic mass is 16.5. The first-order valence-corrected chi connectivity index (χ1v) is 8.14. The molecule has 1 amide bonds. The van der Waals surface area contributed by atoms with Gasteiger partial charge >= 0.3 is 5.91 Å². The molecule has 0 aliphatic heterocycles. The fourth-order valence-corrected chi connectivity index (χ4v) is 2.57. The van der Waals surface area contributed by atoms with E-state index in [2.05, 4.69) is 29.6 Å². The summed E-state index contributed by atoms with van der Waals surface area (Å²) in [5.74, 6) is -0.00294. The average molecular weight is 336 g/mol. The summed E-state index contributed by atoms with van der Waals surface area (Å²) in [7, 11) is 0. The van der Waals surface area contributed by atoms with Crippen molar-refractivity contribution < 1.29 is 14.4 Å². The minimum atomic E-state index is -0.662. The zero-order chi connectivity index (χ0) is 17.5. The first kappa shape index (κ1) is 17.0. The number of carbonyl (C=O) groups excluding carboxylic acids is 1. The maximum atomic E-state index is 11.3. The summed E-state index contributed by atoms with van der Waals surface area (Å²) in [5.41, 5.74) is 4.94.